The van der Waals surface area contributed by atoms with Gasteiger partial charge in [-0.15, -0.1) is 0 Å². The SMILES string of the molecule is O=C(Cn1cc(Cl)c(=O)[nH]c1=O)c1ccc(F)c(F)c1. The van der Waals surface area contributed by atoms with Crippen molar-refractivity contribution in [3.05, 3.63) is 67.5 Å². The number of hydrogen-bond acceptors (Lipinski definition) is 3. The number of hydrogen-bond donors (Lipinski definition) is 1. The van der Waals surface area contributed by atoms with E-state index in [9.17, 15) is 23.2 Å². The molecule has 20 heavy (non-hydrogen) atoms. The maximum atomic E-state index is 13.0. The molecule has 0 fully saturated rings. The van der Waals surface area contributed by atoms with Gasteiger partial charge in [-0.25, -0.2) is 13.6 Å². The van der Waals surface area contributed by atoms with E-state index in [2.05, 4.69) is 0 Å². The highest BCUT2D eigenvalue weighted by Crippen LogP contribution is 2.10. The Balaban J connectivity index is 2.32. The van der Waals surface area contributed by atoms with E-state index in [4.69, 9.17) is 11.6 Å². The van der Waals surface area contributed by atoms with Gasteiger partial charge in [0.1, 0.15) is 5.02 Å². The third-order valence-corrected chi connectivity index (χ3v) is 2.79. The van der Waals surface area contributed by atoms with Gasteiger partial charge < -0.3 is 0 Å². The van der Waals surface area contributed by atoms with Crippen molar-refractivity contribution in [2.45, 2.75) is 6.54 Å². The summed E-state index contributed by atoms with van der Waals surface area (Å²) >= 11 is 5.54. The highest BCUT2D eigenvalue weighted by molar-refractivity contribution is 6.30. The maximum absolute atomic E-state index is 13.0. The minimum atomic E-state index is -1.16. The first kappa shape index (κ1) is 14.1. The molecular formula is C12H7ClF2N2O3. The van der Waals surface area contributed by atoms with Crippen LogP contribution in [-0.4, -0.2) is 15.3 Å². The van der Waals surface area contributed by atoms with Gasteiger partial charge in [-0.2, -0.15) is 0 Å². The second-order valence-corrected chi connectivity index (χ2v) is 4.32. The van der Waals surface area contributed by atoms with E-state index in [0.717, 1.165) is 29.0 Å². The van der Waals surface area contributed by atoms with Crippen molar-refractivity contribution in [1.29, 1.82) is 0 Å². The second-order valence-electron chi connectivity index (χ2n) is 3.92. The fraction of sp³-hybridized carbons (Fsp3) is 0.0833. The molecule has 8 heteroatoms. The van der Waals surface area contributed by atoms with Gasteiger partial charge in [-0.1, -0.05) is 11.6 Å². The van der Waals surface area contributed by atoms with E-state index < -0.39 is 35.2 Å². The Bertz CT molecular complexity index is 798. The number of nitrogens with zero attached hydrogens (tertiary/aromatic N) is 1. The lowest BCUT2D eigenvalue weighted by Gasteiger charge is -2.05. The summed E-state index contributed by atoms with van der Waals surface area (Å²) < 4.78 is 26.6. The maximum Gasteiger partial charge on any atom is 0.328 e. The quantitative estimate of drug-likeness (QED) is 0.870. The first-order valence-corrected chi connectivity index (χ1v) is 5.74. The fourth-order valence-corrected chi connectivity index (χ4v) is 1.68. The molecule has 0 radical (unpaired) electrons. The molecule has 0 aliphatic heterocycles. The molecule has 2 aromatic rings. The van der Waals surface area contributed by atoms with Crippen LogP contribution in [0.4, 0.5) is 8.78 Å². The molecule has 0 unspecified atom stereocenters. The topological polar surface area (TPSA) is 71.9 Å². The number of nitrogens with one attached hydrogen (secondary N) is 1. The Hall–Kier alpha value is -2.28. The number of H-pyrrole nitrogens is 1. The smallest absolute Gasteiger partial charge is 0.292 e. The average molecular weight is 301 g/mol. The van der Waals surface area contributed by atoms with Crippen LogP contribution >= 0.6 is 11.6 Å². The second kappa shape index (κ2) is 5.38. The van der Waals surface area contributed by atoms with Gasteiger partial charge in [0, 0.05) is 11.8 Å². The lowest BCUT2D eigenvalue weighted by Crippen LogP contribution is -2.31. The predicted octanol–water partition coefficient (Wildman–Crippen LogP) is 1.35. The van der Waals surface area contributed by atoms with Crippen LogP contribution in [0.25, 0.3) is 0 Å². The van der Waals surface area contributed by atoms with E-state index in [1.165, 1.54) is 0 Å². The van der Waals surface area contributed by atoms with Crippen LogP contribution in [0.1, 0.15) is 10.4 Å². The Morgan fingerprint density at radius 3 is 2.60 bits per heavy atom. The monoisotopic (exact) mass is 300 g/mol. The minimum absolute atomic E-state index is 0.0990. The van der Waals surface area contributed by atoms with Crippen molar-refractivity contribution in [3.8, 4) is 0 Å². The zero-order chi connectivity index (χ0) is 14.9. The molecule has 0 atom stereocenters. The molecule has 0 amide bonds. The first-order valence-electron chi connectivity index (χ1n) is 5.36. The number of benzene rings is 1. The molecule has 1 N–H and O–H groups in total. The molecular weight excluding hydrogens is 294 g/mol. The molecule has 0 spiro atoms. The number of carbonyl (C=O) groups is 1. The summed E-state index contributed by atoms with van der Waals surface area (Å²) in [6.07, 6.45) is 1.00. The van der Waals surface area contributed by atoms with E-state index in [0.29, 0.717) is 0 Å². The van der Waals surface area contributed by atoms with Gasteiger partial charge in [-0.3, -0.25) is 19.1 Å². The highest BCUT2D eigenvalue weighted by Gasteiger charge is 2.12. The van der Waals surface area contributed by atoms with Crippen molar-refractivity contribution in [3.63, 3.8) is 0 Å². The van der Waals surface area contributed by atoms with Crippen LogP contribution in [0.3, 0.4) is 0 Å². The van der Waals surface area contributed by atoms with Crippen LogP contribution in [-0.2, 0) is 6.54 Å². The van der Waals surface area contributed by atoms with Crippen LogP contribution in [0, 0.1) is 11.6 Å². The lowest BCUT2D eigenvalue weighted by atomic mass is 10.1. The number of halogens is 3. The highest BCUT2D eigenvalue weighted by atomic mass is 35.5. The molecule has 0 saturated heterocycles. The predicted molar refractivity (Wildman–Crippen MR) is 67.0 cm³/mol. The van der Waals surface area contributed by atoms with Gasteiger partial charge in [0.2, 0.25) is 0 Å². The summed E-state index contributed by atoms with van der Waals surface area (Å²) in [6.45, 7) is -0.458. The molecule has 1 aromatic carbocycles. The lowest BCUT2D eigenvalue weighted by molar-refractivity contribution is 0.0969. The number of ketones is 1. The number of rotatable bonds is 3. The van der Waals surface area contributed by atoms with E-state index in [-0.39, 0.29) is 10.6 Å². The Morgan fingerprint density at radius 1 is 1.25 bits per heavy atom. The van der Waals surface area contributed by atoms with E-state index >= 15 is 0 Å². The number of aromatic amines is 1. The van der Waals surface area contributed by atoms with Crippen molar-refractivity contribution >= 4 is 17.4 Å². The molecule has 104 valence electrons. The third kappa shape index (κ3) is 2.83. The Kier molecular flexibility index (Phi) is 3.80. The summed E-state index contributed by atoms with van der Waals surface area (Å²) in [5.74, 6) is -2.87. The average Bonchev–Trinajstić information content (AvgIpc) is 2.39. The van der Waals surface area contributed by atoms with Gasteiger partial charge in [0.25, 0.3) is 5.56 Å². The van der Waals surface area contributed by atoms with Crippen LogP contribution in [0.15, 0.2) is 34.0 Å². The Morgan fingerprint density at radius 2 is 1.95 bits per heavy atom. The summed E-state index contributed by atoms with van der Waals surface area (Å²) in [7, 11) is 0. The van der Waals surface area contributed by atoms with Crippen LogP contribution in [0.2, 0.25) is 5.02 Å². The van der Waals surface area contributed by atoms with Crippen LogP contribution in [0.5, 0.6) is 0 Å². The van der Waals surface area contributed by atoms with Gasteiger partial charge in [0.15, 0.2) is 17.4 Å². The van der Waals surface area contributed by atoms with Gasteiger partial charge in [-0.05, 0) is 18.2 Å². The van der Waals surface area contributed by atoms with Crippen molar-refractivity contribution in [1.82, 2.24) is 9.55 Å². The molecule has 0 saturated carbocycles. The largest absolute Gasteiger partial charge is 0.328 e. The van der Waals surface area contributed by atoms with Gasteiger partial charge in [0.05, 0.1) is 6.54 Å². The molecule has 0 aliphatic carbocycles. The molecule has 2 rings (SSSR count). The molecule has 1 aromatic heterocycles. The normalized spacial score (nSPS) is 10.6. The van der Waals surface area contributed by atoms with Crippen molar-refractivity contribution < 1.29 is 13.6 Å². The summed E-state index contributed by atoms with van der Waals surface area (Å²) in [5.41, 5.74) is -1.69. The third-order valence-electron chi connectivity index (χ3n) is 2.52. The fourth-order valence-electron chi connectivity index (χ4n) is 1.52. The summed E-state index contributed by atoms with van der Waals surface area (Å²) in [6, 6.07) is 2.64. The van der Waals surface area contributed by atoms with Crippen molar-refractivity contribution in [2.24, 2.45) is 0 Å². The summed E-state index contributed by atoms with van der Waals surface area (Å²) in [4.78, 5) is 36.3. The van der Waals surface area contributed by atoms with Crippen LogP contribution < -0.4 is 11.2 Å². The molecule has 1 heterocycles. The zero-order valence-corrected chi connectivity index (χ0v) is 10.6. The van der Waals surface area contributed by atoms with Crippen molar-refractivity contribution in [2.75, 3.05) is 0 Å². The van der Waals surface area contributed by atoms with E-state index in [1.807, 2.05) is 4.98 Å². The van der Waals surface area contributed by atoms with E-state index in [1.54, 1.807) is 0 Å². The molecule has 5 nitrogen and oxygen atoms in total. The Labute approximate surface area is 115 Å². The summed E-state index contributed by atoms with van der Waals surface area (Å²) in [5, 5.41) is -0.261. The first-order chi connectivity index (χ1) is 9.38. The zero-order valence-electron chi connectivity index (χ0n) is 9.82. The number of aromatic nitrogens is 2. The molecule has 0 bridgehead atoms. The molecule has 0 aliphatic rings. The number of Topliss-reactive ketones (excluding diaryl/α,β-unsaturated/α-hetero) is 1. The number of carbonyl (C=O) groups excluding carboxylic acids is 1. The minimum Gasteiger partial charge on any atom is -0.292 e. The standard InChI is InChI=1S/C12H7ClF2N2O3/c13-7-4-17(12(20)16-11(7)19)5-10(18)6-1-2-8(14)9(15)3-6/h1-4H,5H2,(H,16,19,20). The van der Waals surface area contributed by atoms with Gasteiger partial charge >= 0.3 is 5.69 Å².